The molecule has 0 radical (unpaired) electrons. The predicted molar refractivity (Wildman–Crippen MR) is 84.0 cm³/mol. The Kier molecular flexibility index (Phi) is 5.29. The van der Waals surface area contributed by atoms with Crippen LogP contribution in [0.4, 0.5) is 0 Å². The maximum atomic E-state index is 9.33. The molecule has 0 saturated carbocycles. The van der Waals surface area contributed by atoms with Gasteiger partial charge in [0.05, 0.1) is 13.2 Å². The van der Waals surface area contributed by atoms with Crippen LogP contribution < -0.4 is 0 Å². The van der Waals surface area contributed by atoms with Gasteiger partial charge in [-0.15, -0.1) is 11.3 Å². The molecule has 0 aliphatic carbocycles. The van der Waals surface area contributed by atoms with Crippen LogP contribution in [0.5, 0.6) is 0 Å². The minimum absolute atomic E-state index is 0.0172. The van der Waals surface area contributed by atoms with Crippen molar-refractivity contribution in [1.29, 1.82) is 0 Å². The zero-order chi connectivity index (χ0) is 14.6. The number of aliphatic hydroxyl groups is 2. The molecule has 0 atom stereocenters. The number of hydrogen-bond acceptors (Lipinski definition) is 6. The van der Waals surface area contributed by atoms with Crippen molar-refractivity contribution < 1.29 is 10.2 Å². The summed E-state index contributed by atoms with van der Waals surface area (Å²) in [7, 11) is 1.99. The number of thiophene rings is 1. The summed E-state index contributed by atoms with van der Waals surface area (Å²) in [6.07, 6.45) is 1.91. The molecule has 0 fully saturated rings. The maximum Gasteiger partial charge on any atom is 0.124 e. The lowest BCUT2D eigenvalue weighted by Gasteiger charge is -2.29. The first-order valence-corrected chi connectivity index (χ1v) is 8.20. The van der Waals surface area contributed by atoms with Crippen LogP contribution in [0.15, 0.2) is 23.0 Å². The molecule has 0 aliphatic heterocycles. The highest BCUT2D eigenvalue weighted by Gasteiger charge is 2.24. The van der Waals surface area contributed by atoms with E-state index in [9.17, 15) is 10.2 Å². The first-order valence-electron chi connectivity index (χ1n) is 6.44. The van der Waals surface area contributed by atoms with Gasteiger partial charge in [-0.25, -0.2) is 4.98 Å². The number of aliphatic hydroxyl groups excluding tert-OH is 2. The van der Waals surface area contributed by atoms with E-state index in [1.807, 2.05) is 20.2 Å². The normalized spacial score (nSPS) is 12.2. The Hall–Kier alpha value is -0.790. The lowest BCUT2D eigenvalue weighted by atomic mass is 9.92. The molecule has 0 bridgehead atoms. The van der Waals surface area contributed by atoms with E-state index in [-0.39, 0.29) is 13.2 Å². The molecule has 0 amide bonds. The largest absolute Gasteiger partial charge is 0.396 e. The summed E-state index contributed by atoms with van der Waals surface area (Å²) in [5.41, 5.74) is 0.708. The fourth-order valence-electron chi connectivity index (χ4n) is 2.02. The van der Waals surface area contributed by atoms with E-state index in [0.717, 1.165) is 11.6 Å². The quantitative estimate of drug-likeness (QED) is 0.823. The van der Waals surface area contributed by atoms with Gasteiger partial charge in [0.1, 0.15) is 5.01 Å². The molecule has 2 N–H and O–H groups in total. The summed E-state index contributed by atoms with van der Waals surface area (Å²) in [6.45, 7) is 3.27. The average Bonchev–Trinajstić information content (AvgIpc) is 3.08. The highest BCUT2D eigenvalue weighted by Crippen LogP contribution is 2.28. The van der Waals surface area contributed by atoms with Crippen molar-refractivity contribution in [3.05, 3.63) is 27.9 Å². The van der Waals surface area contributed by atoms with E-state index in [1.54, 1.807) is 22.7 Å². The SMILES string of the molecule is CN(Cc1cnc(-c2ccsc2)s1)CC(C)(CO)CO. The molecule has 4 nitrogen and oxygen atoms in total. The van der Waals surface area contributed by atoms with Crippen molar-refractivity contribution in [2.24, 2.45) is 5.41 Å². The van der Waals surface area contributed by atoms with Crippen molar-refractivity contribution in [2.45, 2.75) is 13.5 Å². The topological polar surface area (TPSA) is 56.6 Å². The Morgan fingerprint density at radius 3 is 2.70 bits per heavy atom. The molecular weight excluding hydrogens is 292 g/mol. The van der Waals surface area contributed by atoms with Gasteiger partial charge in [0, 0.05) is 40.5 Å². The van der Waals surface area contributed by atoms with Crippen LogP contribution in [0.1, 0.15) is 11.8 Å². The van der Waals surface area contributed by atoms with Gasteiger partial charge in [0.15, 0.2) is 0 Å². The van der Waals surface area contributed by atoms with Gasteiger partial charge in [-0.1, -0.05) is 6.92 Å². The van der Waals surface area contributed by atoms with Crippen LogP contribution in [0.3, 0.4) is 0 Å². The Morgan fingerprint density at radius 1 is 1.35 bits per heavy atom. The number of rotatable bonds is 7. The zero-order valence-corrected chi connectivity index (χ0v) is 13.4. The molecule has 20 heavy (non-hydrogen) atoms. The second-order valence-corrected chi connectivity index (χ2v) is 7.34. The molecule has 2 aromatic heterocycles. The minimum atomic E-state index is -0.463. The van der Waals surface area contributed by atoms with E-state index in [4.69, 9.17) is 0 Å². The van der Waals surface area contributed by atoms with E-state index >= 15 is 0 Å². The zero-order valence-electron chi connectivity index (χ0n) is 11.7. The minimum Gasteiger partial charge on any atom is -0.396 e. The van der Waals surface area contributed by atoms with E-state index < -0.39 is 5.41 Å². The number of nitrogens with zero attached hydrogens (tertiary/aromatic N) is 2. The fourth-order valence-corrected chi connectivity index (χ4v) is 3.73. The van der Waals surface area contributed by atoms with Crippen LogP contribution >= 0.6 is 22.7 Å². The summed E-state index contributed by atoms with van der Waals surface area (Å²) in [6, 6.07) is 2.07. The highest BCUT2D eigenvalue weighted by molar-refractivity contribution is 7.15. The van der Waals surface area contributed by atoms with Gasteiger partial charge in [-0.3, -0.25) is 0 Å². The number of thiazole rings is 1. The molecule has 6 heteroatoms. The van der Waals surface area contributed by atoms with Crippen molar-refractivity contribution >= 4 is 22.7 Å². The van der Waals surface area contributed by atoms with Gasteiger partial charge < -0.3 is 15.1 Å². The molecule has 0 unspecified atom stereocenters. The Morgan fingerprint density at radius 2 is 2.10 bits per heavy atom. The maximum absolute atomic E-state index is 9.33. The van der Waals surface area contributed by atoms with Crippen molar-refractivity contribution in [3.8, 4) is 10.6 Å². The number of aromatic nitrogens is 1. The van der Waals surface area contributed by atoms with Gasteiger partial charge in [-0.05, 0) is 18.5 Å². The van der Waals surface area contributed by atoms with Gasteiger partial charge in [0.2, 0.25) is 0 Å². The third kappa shape index (κ3) is 3.86. The standard InChI is InChI=1S/C14H20N2O2S2/c1-14(9-17,10-18)8-16(2)6-12-5-15-13(20-12)11-3-4-19-7-11/h3-5,7,17-18H,6,8-10H2,1-2H3. The summed E-state index contributed by atoms with van der Waals surface area (Å²) in [5.74, 6) is 0. The molecule has 2 rings (SSSR count). The third-order valence-electron chi connectivity index (χ3n) is 3.16. The molecule has 0 saturated heterocycles. The summed E-state index contributed by atoms with van der Waals surface area (Å²) in [4.78, 5) is 7.74. The Labute approximate surface area is 127 Å². The van der Waals surface area contributed by atoms with E-state index in [2.05, 4.69) is 26.7 Å². The van der Waals surface area contributed by atoms with Crippen LogP contribution in [-0.2, 0) is 6.54 Å². The Bertz CT molecular complexity index is 521. The second-order valence-electron chi connectivity index (χ2n) is 5.44. The third-order valence-corrected chi connectivity index (χ3v) is 4.88. The summed E-state index contributed by atoms with van der Waals surface area (Å²) >= 11 is 3.36. The molecule has 0 spiro atoms. The Balaban J connectivity index is 1.97. The average molecular weight is 312 g/mol. The van der Waals surface area contributed by atoms with Crippen molar-refractivity contribution in [1.82, 2.24) is 9.88 Å². The monoisotopic (exact) mass is 312 g/mol. The van der Waals surface area contributed by atoms with Gasteiger partial charge in [-0.2, -0.15) is 11.3 Å². The lowest BCUT2D eigenvalue weighted by molar-refractivity contribution is 0.0404. The van der Waals surface area contributed by atoms with Gasteiger partial charge >= 0.3 is 0 Å². The highest BCUT2D eigenvalue weighted by atomic mass is 32.1. The molecule has 0 aromatic carbocycles. The van der Waals surface area contributed by atoms with Crippen molar-refractivity contribution in [2.75, 3.05) is 26.8 Å². The first-order chi connectivity index (χ1) is 9.56. The molecular formula is C14H20N2O2S2. The smallest absolute Gasteiger partial charge is 0.124 e. The fraction of sp³-hybridized carbons (Fsp3) is 0.500. The summed E-state index contributed by atoms with van der Waals surface area (Å²) in [5, 5.41) is 23.9. The van der Waals surface area contributed by atoms with Crippen LogP contribution in [0, 0.1) is 5.41 Å². The lowest BCUT2D eigenvalue weighted by Crippen LogP contribution is -2.38. The van der Waals surface area contributed by atoms with Crippen LogP contribution in [0.2, 0.25) is 0 Å². The van der Waals surface area contributed by atoms with Crippen LogP contribution in [0.25, 0.3) is 10.6 Å². The second kappa shape index (κ2) is 6.78. The van der Waals surface area contributed by atoms with Crippen LogP contribution in [-0.4, -0.2) is 46.9 Å². The molecule has 2 heterocycles. The van der Waals surface area contributed by atoms with E-state index in [0.29, 0.717) is 6.54 Å². The first kappa shape index (κ1) is 15.6. The molecule has 0 aliphatic rings. The molecule has 110 valence electrons. The molecule has 2 aromatic rings. The van der Waals surface area contributed by atoms with Gasteiger partial charge in [0.25, 0.3) is 0 Å². The number of hydrogen-bond donors (Lipinski definition) is 2. The van der Waals surface area contributed by atoms with Crippen molar-refractivity contribution in [3.63, 3.8) is 0 Å². The predicted octanol–water partition coefficient (Wildman–Crippen LogP) is 2.29. The summed E-state index contributed by atoms with van der Waals surface area (Å²) < 4.78 is 0. The van der Waals surface area contributed by atoms with E-state index in [1.165, 1.54) is 10.4 Å².